The van der Waals surface area contributed by atoms with E-state index in [1.165, 1.54) is 0 Å². The summed E-state index contributed by atoms with van der Waals surface area (Å²) in [5, 5.41) is 3.84. The molecular formula is C20H14BrN2O2+. The number of rotatable bonds is 1. The van der Waals surface area contributed by atoms with Crippen molar-refractivity contribution in [3.8, 4) is 5.75 Å². The van der Waals surface area contributed by atoms with Gasteiger partial charge < -0.3 is 4.74 Å². The van der Waals surface area contributed by atoms with Crippen LogP contribution in [0.15, 0.2) is 57.8 Å². The van der Waals surface area contributed by atoms with Crippen LogP contribution < -0.4 is 14.9 Å². The van der Waals surface area contributed by atoms with Gasteiger partial charge in [0.15, 0.2) is 11.0 Å². The highest BCUT2D eigenvalue weighted by molar-refractivity contribution is 9.10. The zero-order chi connectivity index (χ0) is 17.3. The summed E-state index contributed by atoms with van der Waals surface area (Å²) in [5.41, 5.74) is 2.73. The summed E-state index contributed by atoms with van der Waals surface area (Å²) in [4.78, 5) is 13.3. The predicted molar refractivity (Wildman–Crippen MR) is 103 cm³/mol. The summed E-state index contributed by atoms with van der Waals surface area (Å²) in [6, 6.07) is 15.8. The first kappa shape index (κ1) is 14.7. The number of benzene rings is 3. The van der Waals surface area contributed by atoms with E-state index < -0.39 is 0 Å². The van der Waals surface area contributed by atoms with Crippen molar-refractivity contribution in [3.05, 3.63) is 63.4 Å². The molecule has 0 saturated heterocycles. The molecule has 0 N–H and O–H groups in total. The summed E-state index contributed by atoms with van der Waals surface area (Å²) in [6.07, 6.45) is 0. The highest BCUT2D eigenvalue weighted by atomic mass is 79.9. The normalized spacial score (nSPS) is 12.0. The first-order valence-corrected chi connectivity index (χ1v) is 8.76. The molecule has 0 spiro atoms. The molecule has 5 rings (SSSR count). The van der Waals surface area contributed by atoms with E-state index in [0.717, 1.165) is 48.4 Å². The Labute approximate surface area is 151 Å². The molecule has 0 atom stereocenters. The van der Waals surface area contributed by atoms with Crippen LogP contribution in [0.2, 0.25) is 0 Å². The van der Waals surface area contributed by atoms with E-state index in [0.29, 0.717) is 0 Å². The van der Waals surface area contributed by atoms with Gasteiger partial charge in [-0.05, 0) is 35.7 Å². The minimum absolute atomic E-state index is 0.00921. The van der Waals surface area contributed by atoms with Crippen LogP contribution in [-0.4, -0.2) is 11.5 Å². The Bertz CT molecular complexity index is 1370. The molecule has 25 heavy (non-hydrogen) atoms. The fraction of sp³-hybridized carbons (Fsp3) is 0.100. The third kappa shape index (κ3) is 1.76. The lowest BCUT2D eigenvalue weighted by Gasteiger charge is -2.06. The summed E-state index contributed by atoms with van der Waals surface area (Å²) in [6.45, 7) is 0. The second-order valence-corrected chi connectivity index (χ2v) is 7.06. The molecule has 0 aliphatic heterocycles. The largest absolute Gasteiger partial charge is 0.497 e. The van der Waals surface area contributed by atoms with Crippen molar-refractivity contribution < 1.29 is 9.30 Å². The van der Waals surface area contributed by atoms with Gasteiger partial charge in [0.1, 0.15) is 5.75 Å². The van der Waals surface area contributed by atoms with E-state index in [9.17, 15) is 4.79 Å². The smallest absolute Gasteiger partial charge is 0.347 e. The molecule has 0 saturated carbocycles. The van der Waals surface area contributed by atoms with Crippen LogP contribution >= 0.6 is 15.9 Å². The van der Waals surface area contributed by atoms with Crippen molar-refractivity contribution in [2.24, 2.45) is 7.05 Å². The van der Waals surface area contributed by atoms with Crippen molar-refractivity contribution in [2.75, 3.05) is 7.11 Å². The lowest BCUT2D eigenvalue weighted by molar-refractivity contribution is -0.617. The lowest BCUT2D eigenvalue weighted by atomic mass is 10.0. The number of fused-ring (bicyclic) bond motifs is 4. The van der Waals surface area contributed by atoms with Gasteiger partial charge in [-0.15, -0.1) is 0 Å². The molecule has 0 radical (unpaired) electrons. The van der Waals surface area contributed by atoms with Crippen LogP contribution in [0.4, 0.5) is 0 Å². The number of aryl methyl sites for hydroxylation is 1. The monoisotopic (exact) mass is 393 g/mol. The SMILES string of the molecule is COc1ccc2c(c1)n1c(=O)c3cccc4c(Br)ccc(c43)c1[n+]2C. The molecule has 3 aromatic carbocycles. The van der Waals surface area contributed by atoms with E-state index in [-0.39, 0.29) is 5.56 Å². The standard InChI is InChI=1S/C20H14BrN2O2/c1-22-16-9-6-11(25-2)10-17(16)23-19(22)13-7-8-15(21)12-4-3-5-14(18(12)13)20(23)24/h3-10H,1-2H3/q+1. The number of ether oxygens (including phenoxy) is 1. The summed E-state index contributed by atoms with van der Waals surface area (Å²) < 4.78 is 10.2. The first-order valence-electron chi connectivity index (χ1n) is 7.96. The number of methoxy groups -OCH3 is 1. The zero-order valence-electron chi connectivity index (χ0n) is 13.7. The highest BCUT2D eigenvalue weighted by Gasteiger charge is 2.25. The maximum Gasteiger partial charge on any atom is 0.347 e. The Morgan fingerprint density at radius 2 is 1.84 bits per heavy atom. The van der Waals surface area contributed by atoms with Crippen LogP contribution in [-0.2, 0) is 7.05 Å². The molecule has 5 aromatic rings. The number of imidazole rings is 1. The van der Waals surface area contributed by atoms with Crippen molar-refractivity contribution >= 4 is 54.2 Å². The molecular weight excluding hydrogens is 380 g/mol. The van der Waals surface area contributed by atoms with Gasteiger partial charge >= 0.3 is 5.56 Å². The minimum atomic E-state index is -0.00921. The number of nitrogens with zero attached hydrogens (tertiary/aromatic N) is 2. The molecule has 2 heterocycles. The quantitative estimate of drug-likeness (QED) is 0.406. The van der Waals surface area contributed by atoms with Crippen LogP contribution in [0.1, 0.15) is 0 Å². The van der Waals surface area contributed by atoms with Crippen LogP contribution in [0, 0.1) is 0 Å². The van der Waals surface area contributed by atoms with Gasteiger partial charge in [-0.3, -0.25) is 0 Å². The molecule has 0 bridgehead atoms. The average Bonchev–Trinajstić information content (AvgIpc) is 2.93. The van der Waals surface area contributed by atoms with Crippen molar-refractivity contribution in [1.29, 1.82) is 0 Å². The minimum Gasteiger partial charge on any atom is -0.497 e. The summed E-state index contributed by atoms with van der Waals surface area (Å²) in [5.74, 6) is 0.737. The molecule has 0 amide bonds. The molecule has 122 valence electrons. The van der Waals surface area contributed by atoms with Crippen LogP contribution in [0.5, 0.6) is 5.75 Å². The van der Waals surface area contributed by atoms with Gasteiger partial charge in [0.25, 0.3) is 5.65 Å². The highest BCUT2D eigenvalue weighted by Crippen LogP contribution is 2.33. The van der Waals surface area contributed by atoms with Gasteiger partial charge in [-0.1, -0.05) is 28.1 Å². The van der Waals surface area contributed by atoms with Gasteiger partial charge in [0.05, 0.1) is 24.9 Å². The maximum atomic E-state index is 13.3. The number of hydrogen-bond acceptors (Lipinski definition) is 2. The number of pyridine rings is 1. The zero-order valence-corrected chi connectivity index (χ0v) is 15.3. The van der Waals surface area contributed by atoms with E-state index in [1.54, 1.807) is 11.5 Å². The van der Waals surface area contributed by atoms with Gasteiger partial charge in [0.2, 0.25) is 0 Å². The number of hydrogen-bond donors (Lipinski definition) is 0. The Hall–Kier alpha value is -2.66. The summed E-state index contributed by atoms with van der Waals surface area (Å²) in [7, 11) is 3.63. The second kappa shape index (κ2) is 4.92. The Balaban J connectivity index is 2.19. The molecule has 0 fully saturated rings. The molecule has 0 unspecified atom stereocenters. The molecule has 0 aliphatic carbocycles. The number of aromatic nitrogens is 2. The predicted octanol–water partition coefficient (Wildman–Crippen LogP) is 3.79. The fourth-order valence-corrected chi connectivity index (χ4v) is 4.30. The topological polar surface area (TPSA) is 34.6 Å². The van der Waals surface area contributed by atoms with E-state index in [1.807, 2.05) is 49.5 Å². The van der Waals surface area contributed by atoms with Gasteiger partial charge in [-0.25, -0.2) is 9.36 Å². The Morgan fingerprint density at radius 1 is 1.04 bits per heavy atom. The van der Waals surface area contributed by atoms with E-state index in [2.05, 4.69) is 26.6 Å². The van der Waals surface area contributed by atoms with Crippen molar-refractivity contribution in [3.63, 3.8) is 0 Å². The molecule has 0 aliphatic rings. The molecule has 2 aromatic heterocycles. The third-order valence-corrected chi connectivity index (χ3v) is 5.67. The summed E-state index contributed by atoms with van der Waals surface area (Å²) >= 11 is 3.61. The van der Waals surface area contributed by atoms with Crippen molar-refractivity contribution in [2.45, 2.75) is 0 Å². The third-order valence-electron chi connectivity index (χ3n) is 4.98. The molecule has 4 nitrogen and oxygen atoms in total. The number of halogens is 1. The van der Waals surface area contributed by atoms with Gasteiger partial charge in [-0.2, -0.15) is 4.40 Å². The second-order valence-electron chi connectivity index (χ2n) is 6.20. The van der Waals surface area contributed by atoms with E-state index >= 15 is 0 Å². The molecule has 5 heteroatoms. The average molecular weight is 394 g/mol. The van der Waals surface area contributed by atoms with Crippen molar-refractivity contribution in [1.82, 2.24) is 4.40 Å². The fourth-order valence-electron chi connectivity index (χ4n) is 3.83. The first-order chi connectivity index (χ1) is 12.1. The van der Waals surface area contributed by atoms with Crippen LogP contribution in [0.25, 0.3) is 38.2 Å². The van der Waals surface area contributed by atoms with Gasteiger partial charge in [0, 0.05) is 15.9 Å². The Kier molecular flexibility index (Phi) is 2.89. The maximum absolute atomic E-state index is 13.3. The van der Waals surface area contributed by atoms with E-state index in [4.69, 9.17) is 4.74 Å². The van der Waals surface area contributed by atoms with Crippen LogP contribution in [0.3, 0.4) is 0 Å². The lowest BCUT2D eigenvalue weighted by Crippen LogP contribution is -2.29. The Morgan fingerprint density at radius 3 is 2.64 bits per heavy atom.